The summed E-state index contributed by atoms with van der Waals surface area (Å²) in [6.07, 6.45) is 1.77. The molecule has 0 aliphatic heterocycles. The third kappa shape index (κ3) is 3.45. The molecule has 2 N–H and O–H groups in total. The van der Waals surface area contributed by atoms with Crippen LogP contribution in [0.2, 0.25) is 5.02 Å². The minimum Gasteiger partial charge on any atom is -0.495 e. The third-order valence-electron chi connectivity index (χ3n) is 4.15. The van der Waals surface area contributed by atoms with Crippen LogP contribution in [0.4, 0.5) is 0 Å². The van der Waals surface area contributed by atoms with Crippen LogP contribution in [0, 0.1) is 5.92 Å². The largest absolute Gasteiger partial charge is 0.495 e. The SMILES string of the molecule is COc1ccc(Cl)cc1S(=O)(=O)NC[C@](O)(c1cccs1)C1CC1. The summed E-state index contributed by atoms with van der Waals surface area (Å²) < 4.78 is 33.0. The number of rotatable bonds is 7. The number of hydrogen-bond acceptors (Lipinski definition) is 5. The van der Waals surface area contributed by atoms with E-state index in [1.165, 1.54) is 30.6 Å². The van der Waals surface area contributed by atoms with Gasteiger partial charge in [0, 0.05) is 16.4 Å². The Morgan fingerprint density at radius 1 is 1.42 bits per heavy atom. The summed E-state index contributed by atoms with van der Waals surface area (Å²) in [5.41, 5.74) is -1.19. The maximum Gasteiger partial charge on any atom is 0.244 e. The molecule has 2 aromatic rings. The van der Waals surface area contributed by atoms with E-state index in [4.69, 9.17) is 16.3 Å². The van der Waals surface area contributed by atoms with E-state index in [-0.39, 0.29) is 23.1 Å². The fourth-order valence-electron chi connectivity index (χ4n) is 2.66. The van der Waals surface area contributed by atoms with Gasteiger partial charge in [-0.15, -0.1) is 11.3 Å². The highest BCUT2D eigenvalue weighted by Gasteiger charge is 2.46. The molecule has 1 aromatic carbocycles. The molecule has 1 aromatic heterocycles. The molecule has 0 saturated heterocycles. The van der Waals surface area contributed by atoms with Crippen LogP contribution < -0.4 is 9.46 Å². The van der Waals surface area contributed by atoms with E-state index in [1.54, 1.807) is 6.07 Å². The van der Waals surface area contributed by atoms with Crippen molar-refractivity contribution in [3.05, 3.63) is 45.6 Å². The van der Waals surface area contributed by atoms with Gasteiger partial charge in [0.2, 0.25) is 10.0 Å². The highest BCUT2D eigenvalue weighted by molar-refractivity contribution is 7.89. The van der Waals surface area contributed by atoms with Crippen molar-refractivity contribution in [2.75, 3.05) is 13.7 Å². The second kappa shape index (κ2) is 6.65. The van der Waals surface area contributed by atoms with Crippen LogP contribution in [-0.2, 0) is 15.6 Å². The smallest absolute Gasteiger partial charge is 0.244 e. The monoisotopic (exact) mass is 387 g/mol. The Morgan fingerprint density at radius 2 is 2.17 bits per heavy atom. The first-order valence-corrected chi connectivity index (χ1v) is 10.2. The van der Waals surface area contributed by atoms with E-state index in [1.807, 2.05) is 17.5 Å². The molecule has 130 valence electrons. The molecular weight excluding hydrogens is 370 g/mol. The second-order valence-corrected chi connectivity index (χ2v) is 8.92. The molecule has 1 aliphatic rings. The van der Waals surface area contributed by atoms with E-state index >= 15 is 0 Å². The average Bonchev–Trinajstić information content (AvgIpc) is 3.28. The van der Waals surface area contributed by atoms with Crippen molar-refractivity contribution in [3.63, 3.8) is 0 Å². The summed E-state index contributed by atoms with van der Waals surface area (Å²) in [4.78, 5) is 0.729. The minimum atomic E-state index is -3.87. The summed E-state index contributed by atoms with van der Waals surface area (Å²) in [5.74, 6) is 0.276. The van der Waals surface area contributed by atoms with E-state index in [0.717, 1.165) is 17.7 Å². The quantitative estimate of drug-likeness (QED) is 0.765. The predicted octanol–water partition coefficient (Wildman–Crippen LogP) is 2.99. The van der Waals surface area contributed by atoms with Gasteiger partial charge >= 0.3 is 0 Å². The van der Waals surface area contributed by atoms with Crippen LogP contribution in [0.1, 0.15) is 17.7 Å². The first-order chi connectivity index (χ1) is 11.4. The minimum absolute atomic E-state index is 0.0400. The zero-order chi connectivity index (χ0) is 17.4. The number of aliphatic hydroxyl groups is 1. The Labute approximate surface area is 150 Å². The van der Waals surface area contributed by atoms with Crippen molar-refractivity contribution in [2.24, 2.45) is 5.92 Å². The van der Waals surface area contributed by atoms with Gasteiger partial charge in [-0.1, -0.05) is 17.7 Å². The lowest BCUT2D eigenvalue weighted by molar-refractivity contribution is 0.0222. The summed E-state index contributed by atoms with van der Waals surface area (Å²) >= 11 is 7.34. The summed E-state index contributed by atoms with van der Waals surface area (Å²) in [6.45, 7) is -0.0871. The highest BCUT2D eigenvalue weighted by Crippen LogP contribution is 2.47. The molecule has 1 aliphatic carbocycles. The Kier molecular flexibility index (Phi) is 4.90. The molecule has 0 radical (unpaired) electrons. The van der Waals surface area contributed by atoms with Crippen LogP contribution >= 0.6 is 22.9 Å². The Morgan fingerprint density at radius 3 is 2.75 bits per heavy atom. The lowest BCUT2D eigenvalue weighted by atomic mass is 9.96. The van der Waals surface area contributed by atoms with Crippen molar-refractivity contribution >= 4 is 33.0 Å². The van der Waals surface area contributed by atoms with Crippen molar-refractivity contribution in [3.8, 4) is 5.75 Å². The van der Waals surface area contributed by atoms with Crippen molar-refractivity contribution in [1.82, 2.24) is 4.72 Å². The van der Waals surface area contributed by atoms with Gasteiger partial charge in [-0.05, 0) is 48.4 Å². The van der Waals surface area contributed by atoms with Crippen LogP contribution in [0.3, 0.4) is 0 Å². The molecule has 0 spiro atoms. The number of hydrogen-bond donors (Lipinski definition) is 2. The normalized spacial score (nSPS) is 17.5. The number of ether oxygens (including phenoxy) is 1. The summed E-state index contributed by atoms with van der Waals surface area (Å²) in [7, 11) is -2.47. The van der Waals surface area contributed by atoms with Gasteiger partial charge in [0.05, 0.1) is 7.11 Å². The van der Waals surface area contributed by atoms with Crippen LogP contribution in [0.15, 0.2) is 40.6 Å². The van der Waals surface area contributed by atoms with Gasteiger partial charge in [0.1, 0.15) is 16.2 Å². The van der Waals surface area contributed by atoms with Crippen molar-refractivity contribution < 1.29 is 18.3 Å². The van der Waals surface area contributed by atoms with Gasteiger partial charge in [-0.2, -0.15) is 0 Å². The van der Waals surface area contributed by atoms with Crippen LogP contribution in [-0.4, -0.2) is 27.2 Å². The molecule has 24 heavy (non-hydrogen) atoms. The summed E-state index contributed by atoms with van der Waals surface area (Å²) in [5, 5.41) is 13.2. The predicted molar refractivity (Wildman–Crippen MR) is 94.1 cm³/mol. The second-order valence-electron chi connectivity index (χ2n) is 5.80. The Hall–Kier alpha value is -1.12. The topological polar surface area (TPSA) is 75.6 Å². The number of benzene rings is 1. The number of halogens is 1. The Bertz CT molecular complexity index is 819. The van der Waals surface area contributed by atoms with Crippen molar-refractivity contribution in [1.29, 1.82) is 0 Å². The molecule has 1 fully saturated rings. The zero-order valence-corrected chi connectivity index (χ0v) is 15.4. The zero-order valence-electron chi connectivity index (χ0n) is 13.0. The van der Waals surface area contributed by atoms with Gasteiger partial charge < -0.3 is 9.84 Å². The maximum absolute atomic E-state index is 12.7. The highest BCUT2D eigenvalue weighted by atomic mass is 35.5. The van der Waals surface area contributed by atoms with E-state index < -0.39 is 15.6 Å². The van der Waals surface area contributed by atoms with Crippen molar-refractivity contribution in [2.45, 2.75) is 23.3 Å². The standard InChI is InChI=1S/C16H18ClNO4S2/c1-22-13-7-6-12(17)9-14(13)24(20,21)18-10-16(19,11-4-5-11)15-3-2-8-23-15/h2-3,6-9,11,18-19H,4-5,10H2,1H3/t16-/m1/s1. The number of nitrogens with one attached hydrogen (secondary N) is 1. The molecule has 5 nitrogen and oxygen atoms in total. The lowest BCUT2D eigenvalue weighted by Gasteiger charge is -2.27. The molecule has 1 atom stereocenters. The van der Waals surface area contributed by atoms with Gasteiger partial charge in [-0.3, -0.25) is 0 Å². The van der Waals surface area contributed by atoms with Crippen LogP contribution in [0.5, 0.6) is 5.75 Å². The average molecular weight is 388 g/mol. The van der Waals surface area contributed by atoms with Crippen LogP contribution in [0.25, 0.3) is 0 Å². The molecular formula is C16H18ClNO4S2. The molecule has 0 bridgehead atoms. The number of sulfonamides is 1. The number of methoxy groups -OCH3 is 1. The molecule has 0 unspecified atom stereocenters. The van der Waals surface area contributed by atoms with Gasteiger partial charge in [0.25, 0.3) is 0 Å². The van der Waals surface area contributed by atoms with Gasteiger partial charge in [-0.25, -0.2) is 13.1 Å². The first-order valence-electron chi connectivity index (χ1n) is 7.46. The molecule has 1 heterocycles. The molecule has 0 amide bonds. The van der Waals surface area contributed by atoms with E-state index in [9.17, 15) is 13.5 Å². The molecule has 3 rings (SSSR count). The summed E-state index contributed by atoms with van der Waals surface area (Å²) in [6, 6.07) is 8.08. The first kappa shape index (κ1) is 17.7. The third-order valence-corrected chi connectivity index (χ3v) is 6.84. The molecule has 8 heteroatoms. The fourth-order valence-corrected chi connectivity index (χ4v) is 5.07. The molecule has 1 saturated carbocycles. The Balaban J connectivity index is 1.86. The maximum atomic E-state index is 12.7. The fraction of sp³-hybridized carbons (Fsp3) is 0.375. The lowest BCUT2D eigenvalue weighted by Crippen LogP contribution is -2.42. The van der Waals surface area contributed by atoms with Gasteiger partial charge in [0.15, 0.2) is 0 Å². The number of thiophene rings is 1. The van der Waals surface area contributed by atoms with E-state index in [2.05, 4.69) is 4.72 Å². The van der Waals surface area contributed by atoms with E-state index in [0.29, 0.717) is 5.02 Å².